The van der Waals surface area contributed by atoms with Gasteiger partial charge in [-0.3, -0.25) is 0 Å². The molecule has 0 unspecified atom stereocenters. The van der Waals surface area contributed by atoms with Gasteiger partial charge >= 0.3 is 0 Å². The summed E-state index contributed by atoms with van der Waals surface area (Å²) in [6, 6.07) is 4.23. The molecule has 0 aromatic carbocycles. The quantitative estimate of drug-likeness (QED) is 0.811. The lowest BCUT2D eigenvalue weighted by atomic mass is 10.2. The zero-order valence-corrected chi connectivity index (χ0v) is 8.56. The van der Waals surface area contributed by atoms with E-state index >= 15 is 0 Å². The first-order chi connectivity index (χ1) is 7.38. The van der Waals surface area contributed by atoms with Crippen LogP contribution in [0, 0.1) is 0 Å². The number of imidazole rings is 1. The summed E-state index contributed by atoms with van der Waals surface area (Å²) in [6.07, 6.45) is 5.17. The Morgan fingerprint density at radius 3 is 3.00 bits per heavy atom. The van der Waals surface area contributed by atoms with Crippen LogP contribution in [-0.4, -0.2) is 21.1 Å². The molecule has 2 N–H and O–H groups in total. The lowest BCUT2D eigenvalue weighted by molar-refractivity contribution is 0.851. The molecule has 4 heteroatoms. The molecule has 4 nitrogen and oxygen atoms in total. The van der Waals surface area contributed by atoms with Crippen molar-refractivity contribution in [2.45, 2.75) is 25.2 Å². The van der Waals surface area contributed by atoms with E-state index in [1.165, 1.54) is 18.5 Å². The van der Waals surface area contributed by atoms with E-state index in [9.17, 15) is 0 Å². The van der Waals surface area contributed by atoms with Gasteiger partial charge in [0.1, 0.15) is 6.33 Å². The summed E-state index contributed by atoms with van der Waals surface area (Å²) in [5.74, 6) is 0.690. The lowest BCUT2D eigenvalue weighted by Crippen LogP contribution is -2.03. The Morgan fingerprint density at radius 2 is 2.27 bits per heavy atom. The molecule has 2 aromatic rings. The molecule has 1 aliphatic rings. The van der Waals surface area contributed by atoms with Crippen molar-refractivity contribution < 1.29 is 0 Å². The van der Waals surface area contributed by atoms with E-state index in [1.54, 1.807) is 6.33 Å². The van der Waals surface area contributed by atoms with Gasteiger partial charge in [0.2, 0.25) is 0 Å². The zero-order valence-electron chi connectivity index (χ0n) is 8.56. The highest BCUT2D eigenvalue weighted by atomic mass is 15.2. The fourth-order valence-corrected chi connectivity index (χ4v) is 1.89. The predicted molar refractivity (Wildman–Crippen MR) is 57.7 cm³/mol. The summed E-state index contributed by atoms with van der Waals surface area (Å²) in [4.78, 5) is 4.33. The second-order valence-corrected chi connectivity index (χ2v) is 4.09. The van der Waals surface area contributed by atoms with Gasteiger partial charge in [-0.1, -0.05) is 0 Å². The first-order valence-electron chi connectivity index (χ1n) is 5.41. The summed E-state index contributed by atoms with van der Waals surface area (Å²) < 4.78 is 1.87. The maximum Gasteiger partial charge on any atom is 0.118 e. The van der Waals surface area contributed by atoms with Crippen molar-refractivity contribution in [1.29, 1.82) is 0 Å². The van der Waals surface area contributed by atoms with Gasteiger partial charge in [0.15, 0.2) is 0 Å². The van der Waals surface area contributed by atoms with Crippen LogP contribution in [0.5, 0.6) is 0 Å². The van der Waals surface area contributed by atoms with Crippen LogP contribution in [0.25, 0.3) is 5.52 Å². The van der Waals surface area contributed by atoms with Crippen LogP contribution in [0.3, 0.4) is 0 Å². The lowest BCUT2D eigenvalue weighted by Gasteiger charge is -1.99. The van der Waals surface area contributed by atoms with Gasteiger partial charge in [0, 0.05) is 12.3 Å². The van der Waals surface area contributed by atoms with E-state index in [0.717, 1.165) is 17.6 Å². The average Bonchev–Trinajstić information content (AvgIpc) is 3.03. The van der Waals surface area contributed by atoms with Gasteiger partial charge in [-0.05, 0) is 31.5 Å². The van der Waals surface area contributed by atoms with Gasteiger partial charge in [-0.15, -0.1) is 0 Å². The molecule has 78 valence electrons. The maximum absolute atomic E-state index is 5.53. The van der Waals surface area contributed by atoms with E-state index in [1.807, 2.05) is 4.52 Å². The van der Waals surface area contributed by atoms with Crippen molar-refractivity contribution in [2.24, 2.45) is 5.73 Å². The Kier molecular flexibility index (Phi) is 1.95. The second kappa shape index (κ2) is 3.31. The summed E-state index contributed by atoms with van der Waals surface area (Å²) in [5.41, 5.74) is 8.86. The van der Waals surface area contributed by atoms with Gasteiger partial charge in [0.25, 0.3) is 0 Å². The van der Waals surface area contributed by atoms with Crippen LogP contribution in [0.4, 0.5) is 0 Å². The van der Waals surface area contributed by atoms with Crippen molar-refractivity contribution in [2.75, 3.05) is 6.54 Å². The Balaban J connectivity index is 2.05. The maximum atomic E-state index is 5.53. The largest absolute Gasteiger partial charge is 0.330 e. The summed E-state index contributed by atoms with van der Waals surface area (Å²) in [6.45, 7) is 0.636. The number of nitrogens with zero attached hydrogens (tertiary/aromatic N) is 3. The molecule has 1 aliphatic carbocycles. The minimum Gasteiger partial charge on any atom is -0.330 e. The Bertz CT molecular complexity index is 484. The molecule has 0 radical (unpaired) electrons. The normalized spacial score (nSPS) is 16.1. The summed E-state index contributed by atoms with van der Waals surface area (Å²) in [7, 11) is 0. The first-order valence-corrected chi connectivity index (χ1v) is 5.41. The van der Waals surface area contributed by atoms with Crippen LogP contribution in [-0.2, 0) is 6.42 Å². The Hall–Kier alpha value is -1.42. The number of aromatic nitrogens is 3. The van der Waals surface area contributed by atoms with E-state index < -0.39 is 0 Å². The molecule has 2 heterocycles. The summed E-state index contributed by atoms with van der Waals surface area (Å²) in [5, 5.41) is 4.55. The minimum absolute atomic E-state index is 0.636. The highest BCUT2D eigenvalue weighted by Crippen LogP contribution is 2.38. The molecule has 3 rings (SSSR count). The SMILES string of the molecule is NCCc1ncn2nc(C3CC3)ccc12. The van der Waals surface area contributed by atoms with Crippen molar-refractivity contribution >= 4 is 5.52 Å². The molecule has 0 saturated heterocycles. The van der Waals surface area contributed by atoms with E-state index in [-0.39, 0.29) is 0 Å². The smallest absolute Gasteiger partial charge is 0.118 e. The van der Waals surface area contributed by atoms with Crippen molar-refractivity contribution in [1.82, 2.24) is 14.6 Å². The number of nitrogens with two attached hydrogens (primary N) is 1. The van der Waals surface area contributed by atoms with Crippen molar-refractivity contribution in [3.05, 3.63) is 29.8 Å². The van der Waals surface area contributed by atoms with Gasteiger partial charge in [0.05, 0.1) is 16.9 Å². The third-order valence-corrected chi connectivity index (χ3v) is 2.88. The van der Waals surface area contributed by atoms with Gasteiger partial charge < -0.3 is 5.73 Å². The van der Waals surface area contributed by atoms with Crippen LogP contribution in [0.1, 0.15) is 30.1 Å². The number of hydrogen-bond donors (Lipinski definition) is 1. The van der Waals surface area contributed by atoms with Crippen LogP contribution in [0.2, 0.25) is 0 Å². The molecule has 15 heavy (non-hydrogen) atoms. The Morgan fingerprint density at radius 1 is 1.40 bits per heavy atom. The molecule has 0 amide bonds. The van der Waals surface area contributed by atoms with E-state index in [2.05, 4.69) is 22.2 Å². The monoisotopic (exact) mass is 202 g/mol. The van der Waals surface area contributed by atoms with E-state index in [4.69, 9.17) is 5.73 Å². The third kappa shape index (κ3) is 1.51. The number of hydrogen-bond acceptors (Lipinski definition) is 3. The Labute approximate surface area is 88.1 Å². The van der Waals surface area contributed by atoms with Gasteiger partial charge in [-0.2, -0.15) is 5.10 Å². The molecule has 0 aliphatic heterocycles. The standard InChI is InChI=1S/C11H14N4/c12-6-5-10-11-4-3-9(8-1-2-8)14-15(11)7-13-10/h3-4,7-8H,1-2,5-6,12H2. The molecule has 1 fully saturated rings. The van der Waals surface area contributed by atoms with Gasteiger partial charge in [-0.25, -0.2) is 9.50 Å². The van der Waals surface area contributed by atoms with Crippen LogP contribution < -0.4 is 5.73 Å². The van der Waals surface area contributed by atoms with Crippen molar-refractivity contribution in [3.63, 3.8) is 0 Å². The topological polar surface area (TPSA) is 56.2 Å². The van der Waals surface area contributed by atoms with E-state index in [0.29, 0.717) is 12.5 Å². The molecule has 0 bridgehead atoms. The molecule has 0 atom stereocenters. The number of fused-ring (bicyclic) bond motifs is 1. The van der Waals surface area contributed by atoms with Crippen molar-refractivity contribution in [3.8, 4) is 0 Å². The highest BCUT2D eigenvalue weighted by Gasteiger charge is 2.25. The average molecular weight is 202 g/mol. The molecule has 1 saturated carbocycles. The second-order valence-electron chi connectivity index (χ2n) is 4.09. The fraction of sp³-hybridized carbons (Fsp3) is 0.455. The number of rotatable bonds is 3. The molecular weight excluding hydrogens is 188 g/mol. The van der Waals surface area contributed by atoms with Crippen LogP contribution in [0.15, 0.2) is 18.5 Å². The fourth-order valence-electron chi connectivity index (χ4n) is 1.89. The molecule has 2 aromatic heterocycles. The minimum atomic E-state index is 0.636. The predicted octanol–water partition coefficient (Wildman–Crippen LogP) is 1.11. The summed E-state index contributed by atoms with van der Waals surface area (Å²) >= 11 is 0. The first kappa shape index (κ1) is 8.85. The highest BCUT2D eigenvalue weighted by molar-refractivity contribution is 5.51. The molecular formula is C11H14N4. The van der Waals surface area contributed by atoms with Crippen LogP contribution >= 0.6 is 0 Å². The third-order valence-electron chi connectivity index (χ3n) is 2.88. The molecule has 0 spiro atoms. The zero-order chi connectivity index (χ0) is 10.3.